The molecule has 0 saturated carbocycles. The van der Waals surface area contributed by atoms with Gasteiger partial charge >= 0.3 is 0 Å². The van der Waals surface area contributed by atoms with Gasteiger partial charge in [-0.25, -0.2) is 8.42 Å². The molecule has 6 nitrogen and oxygen atoms in total. The molecule has 1 N–H and O–H groups in total. The number of hydrogen-bond acceptors (Lipinski definition) is 4. The van der Waals surface area contributed by atoms with Crippen molar-refractivity contribution in [3.63, 3.8) is 0 Å². The number of rotatable bonds is 7. The lowest BCUT2D eigenvalue weighted by molar-refractivity contribution is 0.0948. The molecule has 1 aromatic rings. The van der Waals surface area contributed by atoms with Crippen LogP contribution < -0.4 is 9.62 Å². The van der Waals surface area contributed by atoms with Gasteiger partial charge in [-0.05, 0) is 57.1 Å². The molecule has 0 spiro atoms. The monoisotopic (exact) mass is 367 g/mol. The maximum atomic E-state index is 12.2. The van der Waals surface area contributed by atoms with Gasteiger partial charge in [0.25, 0.3) is 5.91 Å². The van der Waals surface area contributed by atoms with Crippen LogP contribution >= 0.6 is 0 Å². The number of carbonyl (C=O) groups excluding carboxylic acids is 1. The molecule has 140 valence electrons. The number of benzene rings is 1. The van der Waals surface area contributed by atoms with Crippen molar-refractivity contribution in [2.75, 3.05) is 43.3 Å². The highest BCUT2D eigenvalue weighted by Gasteiger charge is 2.16. The Balaban J connectivity index is 1.87. The first kappa shape index (κ1) is 19.7. The Hall–Kier alpha value is -1.60. The largest absolute Gasteiger partial charge is 0.351 e. The molecule has 0 aromatic heterocycles. The molecule has 1 heterocycles. The first-order valence-corrected chi connectivity index (χ1v) is 10.8. The van der Waals surface area contributed by atoms with E-state index in [1.54, 1.807) is 31.2 Å². The highest BCUT2D eigenvalue weighted by molar-refractivity contribution is 7.92. The zero-order valence-electron chi connectivity index (χ0n) is 15.2. The molecule has 7 heteroatoms. The van der Waals surface area contributed by atoms with E-state index in [4.69, 9.17) is 0 Å². The second-order valence-electron chi connectivity index (χ2n) is 6.49. The zero-order valence-corrected chi connectivity index (χ0v) is 16.0. The van der Waals surface area contributed by atoms with Gasteiger partial charge in [0, 0.05) is 25.2 Å². The summed E-state index contributed by atoms with van der Waals surface area (Å²) in [6.45, 7) is 5.88. The number of sulfonamides is 1. The Labute approximate surface area is 151 Å². The van der Waals surface area contributed by atoms with Crippen molar-refractivity contribution in [1.29, 1.82) is 0 Å². The van der Waals surface area contributed by atoms with E-state index < -0.39 is 10.0 Å². The van der Waals surface area contributed by atoms with Crippen molar-refractivity contribution < 1.29 is 13.2 Å². The molecule has 0 radical (unpaired) electrons. The molecule has 1 aromatic carbocycles. The van der Waals surface area contributed by atoms with E-state index in [-0.39, 0.29) is 5.91 Å². The Bertz CT molecular complexity index is 651. The van der Waals surface area contributed by atoms with Crippen LogP contribution in [0.4, 0.5) is 5.69 Å². The van der Waals surface area contributed by atoms with E-state index in [9.17, 15) is 13.2 Å². The van der Waals surface area contributed by atoms with Crippen LogP contribution in [0.1, 0.15) is 43.0 Å². The van der Waals surface area contributed by atoms with Crippen molar-refractivity contribution in [2.24, 2.45) is 0 Å². The van der Waals surface area contributed by atoms with Crippen molar-refractivity contribution in [2.45, 2.75) is 32.6 Å². The molecule has 1 aliphatic rings. The highest BCUT2D eigenvalue weighted by atomic mass is 32.2. The van der Waals surface area contributed by atoms with E-state index in [1.165, 1.54) is 36.2 Å². The summed E-state index contributed by atoms with van der Waals surface area (Å²) in [4.78, 5) is 14.6. The molecule has 1 fully saturated rings. The molecule has 25 heavy (non-hydrogen) atoms. The first-order valence-electron chi connectivity index (χ1n) is 9.00. The number of amides is 1. The van der Waals surface area contributed by atoms with E-state index in [0.29, 0.717) is 24.3 Å². The first-order chi connectivity index (χ1) is 11.9. The molecule has 1 aliphatic heterocycles. The van der Waals surface area contributed by atoms with Gasteiger partial charge in [-0.3, -0.25) is 9.10 Å². The van der Waals surface area contributed by atoms with Crippen molar-refractivity contribution in [3.8, 4) is 0 Å². The Morgan fingerprint density at radius 1 is 1.12 bits per heavy atom. The lowest BCUT2D eigenvalue weighted by Gasteiger charge is -2.21. The third-order valence-electron chi connectivity index (χ3n) is 4.52. The van der Waals surface area contributed by atoms with Crippen molar-refractivity contribution >= 4 is 21.6 Å². The van der Waals surface area contributed by atoms with Gasteiger partial charge < -0.3 is 10.2 Å². The van der Waals surface area contributed by atoms with Gasteiger partial charge in [-0.1, -0.05) is 12.8 Å². The van der Waals surface area contributed by atoms with Gasteiger partial charge in [-0.15, -0.1) is 0 Å². The summed E-state index contributed by atoms with van der Waals surface area (Å²) < 4.78 is 24.8. The summed E-state index contributed by atoms with van der Waals surface area (Å²) in [6, 6.07) is 6.69. The number of hydrogen-bond donors (Lipinski definition) is 1. The second-order valence-corrected chi connectivity index (χ2v) is 8.39. The van der Waals surface area contributed by atoms with Crippen LogP contribution in [0, 0.1) is 0 Å². The van der Waals surface area contributed by atoms with Crippen LogP contribution in [0.2, 0.25) is 0 Å². The lowest BCUT2D eigenvalue weighted by atomic mass is 10.2. The van der Waals surface area contributed by atoms with Gasteiger partial charge in [0.15, 0.2) is 0 Å². The second kappa shape index (κ2) is 9.20. The van der Waals surface area contributed by atoms with Crippen LogP contribution in [0.5, 0.6) is 0 Å². The van der Waals surface area contributed by atoms with Crippen LogP contribution in [0.15, 0.2) is 24.3 Å². The smallest absolute Gasteiger partial charge is 0.251 e. The predicted octanol–water partition coefficient (Wildman–Crippen LogP) is 2.08. The fraction of sp³-hybridized carbons (Fsp3) is 0.611. The van der Waals surface area contributed by atoms with Gasteiger partial charge in [0.1, 0.15) is 0 Å². The number of likely N-dealkylation sites (tertiary alicyclic amines) is 1. The van der Waals surface area contributed by atoms with Crippen LogP contribution in [0.25, 0.3) is 0 Å². The fourth-order valence-corrected chi connectivity index (χ4v) is 4.15. The third-order valence-corrected chi connectivity index (χ3v) is 5.79. The van der Waals surface area contributed by atoms with Gasteiger partial charge in [0.2, 0.25) is 10.0 Å². The minimum Gasteiger partial charge on any atom is -0.351 e. The average Bonchev–Trinajstić information content (AvgIpc) is 2.83. The van der Waals surface area contributed by atoms with E-state index >= 15 is 0 Å². The predicted molar refractivity (Wildman–Crippen MR) is 102 cm³/mol. The molecule has 0 atom stereocenters. The Morgan fingerprint density at radius 2 is 1.72 bits per heavy atom. The lowest BCUT2D eigenvalue weighted by Crippen LogP contribution is -2.35. The Morgan fingerprint density at radius 3 is 2.24 bits per heavy atom. The zero-order chi connectivity index (χ0) is 18.3. The highest BCUT2D eigenvalue weighted by Crippen LogP contribution is 2.18. The molecule has 1 amide bonds. The molecule has 1 saturated heterocycles. The van der Waals surface area contributed by atoms with E-state index in [2.05, 4.69) is 10.2 Å². The van der Waals surface area contributed by atoms with E-state index in [0.717, 1.165) is 19.6 Å². The minimum absolute atomic E-state index is 0.122. The fourth-order valence-electron chi connectivity index (χ4n) is 3.18. The number of nitrogens with one attached hydrogen (secondary N) is 1. The summed E-state index contributed by atoms with van der Waals surface area (Å²) in [5.41, 5.74) is 1.12. The number of carbonyl (C=O) groups is 1. The average molecular weight is 368 g/mol. The molecular formula is C18H29N3O3S. The maximum Gasteiger partial charge on any atom is 0.251 e. The van der Waals surface area contributed by atoms with E-state index in [1.807, 2.05) is 0 Å². The van der Waals surface area contributed by atoms with Gasteiger partial charge in [0.05, 0.1) is 11.9 Å². The summed E-state index contributed by atoms with van der Waals surface area (Å²) in [6.07, 6.45) is 6.27. The standard InChI is InChI=1S/C18H29N3O3S/c1-3-21(25(2,23)24)17-10-8-16(9-11-17)18(22)19-12-15-20-13-6-4-5-7-14-20/h8-11H,3-7,12-15H2,1-2H3,(H,19,22). The Kier molecular flexibility index (Phi) is 7.25. The SMILES string of the molecule is CCN(c1ccc(C(=O)NCCN2CCCCCC2)cc1)S(C)(=O)=O. The summed E-state index contributed by atoms with van der Waals surface area (Å²) in [7, 11) is -3.30. The van der Waals surface area contributed by atoms with Crippen LogP contribution in [0.3, 0.4) is 0 Å². The van der Waals surface area contributed by atoms with Gasteiger partial charge in [-0.2, -0.15) is 0 Å². The maximum absolute atomic E-state index is 12.2. The normalized spacial score (nSPS) is 16.2. The number of nitrogens with zero attached hydrogens (tertiary/aromatic N) is 2. The summed E-state index contributed by atoms with van der Waals surface area (Å²) >= 11 is 0. The molecule has 0 unspecified atom stereocenters. The summed E-state index contributed by atoms with van der Waals surface area (Å²) in [5.74, 6) is -0.122. The van der Waals surface area contributed by atoms with Crippen molar-refractivity contribution in [3.05, 3.63) is 29.8 Å². The number of anilines is 1. The molecule has 0 aliphatic carbocycles. The topological polar surface area (TPSA) is 69.7 Å². The quantitative estimate of drug-likeness (QED) is 0.801. The summed E-state index contributed by atoms with van der Waals surface area (Å²) in [5, 5.41) is 2.95. The van der Waals surface area contributed by atoms with Crippen molar-refractivity contribution in [1.82, 2.24) is 10.2 Å². The molecular weight excluding hydrogens is 338 g/mol. The molecule has 0 bridgehead atoms. The minimum atomic E-state index is -3.30. The van der Waals surface area contributed by atoms with Crippen LogP contribution in [-0.2, 0) is 10.0 Å². The molecule has 2 rings (SSSR count). The third kappa shape index (κ3) is 6.01. The van der Waals surface area contributed by atoms with Crippen LogP contribution in [-0.4, -0.2) is 58.2 Å².